The van der Waals surface area contributed by atoms with Crippen LogP contribution in [-0.2, 0) is 4.79 Å². The highest BCUT2D eigenvalue weighted by Gasteiger charge is 2.16. The van der Waals surface area contributed by atoms with Crippen LogP contribution in [0.1, 0.15) is 12.8 Å². The van der Waals surface area contributed by atoms with Crippen LogP contribution >= 0.6 is 0 Å². The minimum Gasteiger partial charge on any atom is -0.328 e. The summed E-state index contributed by atoms with van der Waals surface area (Å²) in [7, 11) is 0. The molecule has 0 radical (unpaired) electrons. The third-order valence-electron chi connectivity index (χ3n) is 1.64. The summed E-state index contributed by atoms with van der Waals surface area (Å²) in [5, 5.41) is 3.05. The fraction of sp³-hybridized carbons (Fsp3) is 0.833. The van der Waals surface area contributed by atoms with Crippen molar-refractivity contribution in [1.82, 2.24) is 5.32 Å². The fourth-order valence-electron chi connectivity index (χ4n) is 1.09. The zero-order valence-corrected chi connectivity index (χ0v) is 5.34. The predicted octanol–water partition coefficient (Wildman–Crippen LogP) is -0.735. The second-order valence-electron chi connectivity index (χ2n) is 2.48. The minimum absolute atomic E-state index is 0.00810. The van der Waals surface area contributed by atoms with E-state index >= 15 is 0 Å². The third kappa shape index (κ3) is 1.77. The Hall–Kier alpha value is -0.410. The van der Waals surface area contributed by atoms with Crippen LogP contribution in [0.25, 0.3) is 0 Å². The lowest BCUT2D eigenvalue weighted by atomic mass is 10.0. The van der Waals surface area contributed by atoms with E-state index in [4.69, 9.17) is 5.73 Å². The summed E-state index contributed by atoms with van der Waals surface area (Å²) < 4.78 is 0. The average Bonchev–Trinajstić information content (AvgIpc) is 1.88. The van der Waals surface area contributed by atoms with E-state index in [2.05, 4.69) is 5.32 Å². The summed E-state index contributed by atoms with van der Waals surface area (Å²) in [6.07, 6.45) is 2.72. The summed E-state index contributed by atoms with van der Waals surface area (Å²) in [6.45, 7) is 0.880. The van der Waals surface area contributed by atoms with E-state index in [9.17, 15) is 4.79 Å². The molecule has 0 amide bonds. The number of piperidine rings is 1. The van der Waals surface area contributed by atoms with Gasteiger partial charge in [0.1, 0.15) is 6.29 Å². The van der Waals surface area contributed by atoms with Crippen LogP contribution in [0, 0.1) is 0 Å². The molecule has 9 heavy (non-hydrogen) atoms. The Morgan fingerprint density at radius 3 is 2.89 bits per heavy atom. The molecule has 1 aliphatic rings. The van der Waals surface area contributed by atoms with Crippen LogP contribution in [0.3, 0.4) is 0 Å². The van der Waals surface area contributed by atoms with Gasteiger partial charge in [0.2, 0.25) is 0 Å². The topological polar surface area (TPSA) is 55.1 Å². The number of carbonyl (C=O) groups is 1. The molecule has 1 aliphatic heterocycles. The van der Waals surface area contributed by atoms with Crippen LogP contribution in [0.2, 0.25) is 0 Å². The van der Waals surface area contributed by atoms with Crippen molar-refractivity contribution in [3.05, 3.63) is 0 Å². The molecule has 1 rings (SSSR count). The Morgan fingerprint density at radius 2 is 2.44 bits per heavy atom. The summed E-state index contributed by atoms with van der Waals surface area (Å²) >= 11 is 0. The average molecular weight is 128 g/mol. The quantitative estimate of drug-likeness (QED) is 0.457. The molecule has 3 heteroatoms. The Balaban J connectivity index is 2.31. The zero-order valence-electron chi connectivity index (χ0n) is 5.34. The highest BCUT2D eigenvalue weighted by molar-refractivity contribution is 5.57. The summed E-state index contributed by atoms with van der Waals surface area (Å²) in [6, 6.07) is 0.232. The number of nitrogens with two attached hydrogens (primary N) is 1. The van der Waals surface area contributed by atoms with Crippen molar-refractivity contribution in [2.24, 2.45) is 5.73 Å². The van der Waals surface area contributed by atoms with E-state index in [1.807, 2.05) is 0 Å². The van der Waals surface area contributed by atoms with Gasteiger partial charge < -0.3 is 15.8 Å². The van der Waals surface area contributed by atoms with Crippen LogP contribution in [-0.4, -0.2) is 24.9 Å². The molecular formula is C6H12N2O. The maximum atomic E-state index is 10.2. The van der Waals surface area contributed by atoms with Gasteiger partial charge in [-0.25, -0.2) is 0 Å². The van der Waals surface area contributed by atoms with Gasteiger partial charge in [-0.05, 0) is 19.4 Å². The van der Waals surface area contributed by atoms with E-state index in [0.717, 1.165) is 25.7 Å². The molecule has 0 aliphatic carbocycles. The molecule has 3 nitrogen and oxygen atoms in total. The van der Waals surface area contributed by atoms with Crippen molar-refractivity contribution in [3.63, 3.8) is 0 Å². The van der Waals surface area contributed by atoms with Crippen LogP contribution in [0.15, 0.2) is 0 Å². The molecule has 0 aromatic rings. The van der Waals surface area contributed by atoms with Gasteiger partial charge in [-0.3, -0.25) is 0 Å². The van der Waals surface area contributed by atoms with Crippen molar-refractivity contribution in [1.29, 1.82) is 0 Å². The normalized spacial score (nSPS) is 36.1. The molecule has 3 N–H and O–H groups in total. The molecule has 1 saturated heterocycles. The Labute approximate surface area is 54.6 Å². The molecule has 1 heterocycles. The first kappa shape index (κ1) is 6.71. The molecule has 0 saturated carbocycles. The Kier molecular flexibility index (Phi) is 2.19. The number of hydrogen-bond acceptors (Lipinski definition) is 3. The molecule has 0 aromatic heterocycles. The highest BCUT2D eigenvalue weighted by Crippen LogP contribution is 2.03. The first-order chi connectivity index (χ1) is 4.33. The summed E-state index contributed by atoms with van der Waals surface area (Å²) in [5.41, 5.74) is 5.60. The number of rotatable bonds is 1. The second kappa shape index (κ2) is 2.94. The number of aldehydes is 1. The fourth-order valence-corrected chi connectivity index (χ4v) is 1.09. The molecule has 2 atom stereocenters. The largest absolute Gasteiger partial charge is 0.328 e. The molecule has 1 fully saturated rings. The lowest BCUT2D eigenvalue weighted by molar-refractivity contribution is -0.110. The van der Waals surface area contributed by atoms with Crippen molar-refractivity contribution in [2.45, 2.75) is 24.9 Å². The van der Waals surface area contributed by atoms with Gasteiger partial charge in [0.15, 0.2) is 0 Å². The molecule has 52 valence electrons. The number of nitrogens with one attached hydrogen (secondary N) is 1. The van der Waals surface area contributed by atoms with E-state index in [-0.39, 0.29) is 12.1 Å². The lowest BCUT2D eigenvalue weighted by Crippen LogP contribution is -2.44. The lowest BCUT2D eigenvalue weighted by Gasteiger charge is -2.23. The van der Waals surface area contributed by atoms with Crippen molar-refractivity contribution >= 4 is 6.29 Å². The maximum absolute atomic E-state index is 10.2. The van der Waals surface area contributed by atoms with Gasteiger partial charge in [-0.1, -0.05) is 0 Å². The number of carbonyl (C=O) groups excluding carboxylic acids is 1. The third-order valence-corrected chi connectivity index (χ3v) is 1.64. The first-order valence-corrected chi connectivity index (χ1v) is 3.27. The predicted molar refractivity (Wildman–Crippen MR) is 35.1 cm³/mol. The summed E-state index contributed by atoms with van der Waals surface area (Å²) in [4.78, 5) is 10.2. The van der Waals surface area contributed by atoms with Gasteiger partial charge in [-0.15, -0.1) is 0 Å². The second-order valence-corrected chi connectivity index (χ2v) is 2.48. The molecule has 0 spiro atoms. The molecular weight excluding hydrogens is 116 g/mol. The van der Waals surface area contributed by atoms with E-state index in [0.29, 0.717) is 0 Å². The van der Waals surface area contributed by atoms with Gasteiger partial charge >= 0.3 is 0 Å². The van der Waals surface area contributed by atoms with Crippen molar-refractivity contribution < 1.29 is 4.79 Å². The van der Waals surface area contributed by atoms with Crippen LogP contribution in [0.5, 0.6) is 0 Å². The Morgan fingerprint density at radius 1 is 1.67 bits per heavy atom. The van der Waals surface area contributed by atoms with Crippen molar-refractivity contribution in [2.75, 3.05) is 6.54 Å². The van der Waals surface area contributed by atoms with Gasteiger partial charge in [-0.2, -0.15) is 0 Å². The van der Waals surface area contributed by atoms with Crippen LogP contribution < -0.4 is 11.1 Å². The SMILES string of the molecule is N[C@@H]1CCN[C@@H](C=O)C1. The van der Waals surface area contributed by atoms with Gasteiger partial charge in [0, 0.05) is 6.04 Å². The van der Waals surface area contributed by atoms with Crippen molar-refractivity contribution in [3.8, 4) is 0 Å². The van der Waals surface area contributed by atoms with Gasteiger partial charge in [0.05, 0.1) is 6.04 Å². The smallest absolute Gasteiger partial charge is 0.136 e. The standard InChI is InChI=1S/C6H12N2O/c7-5-1-2-8-6(3-5)4-9/h4-6,8H,1-3,7H2/t5-,6-/m1/s1. The number of hydrogen-bond donors (Lipinski definition) is 2. The van der Waals surface area contributed by atoms with Crippen LogP contribution in [0.4, 0.5) is 0 Å². The van der Waals surface area contributed by atoms with E-state index < -0.39 is 0 Å². The maximum Gasteiger partial charge on any atom is 0.136 e. The highest BCUT2D eigenvalue weighted by atomic mass is 16.1. The Bertz CT molecular complexity index is 105. The first-order valence-electron chi connectivity index (χ1n) is 3.27. The summed E-state index contributed by atoms with van der Waals surface area (Å²) in [5.74, 6) is 0. The molecule has 0 aromatic carbocycles. The van der Waals surface area contributed by atoms with E-state index in [1.54, 1.807) is 0 Å². The molecule has 0 bridgehead atoms. The van der Waals surface area contributed by atoms with Gasteiger partial charge in [0.25, 0.3) is 0 Å². The monoisotopic (exact) mass is 128 g/mol. The minimum atomic E-state index is 0.00810. The zero-order chi connectivity index (χ0) is 6.69. The van der Waals surface area contributed by atoms with E-state index in [1.165, 1.54) is 0 Å². The molecule has 0 unspecified atom stereocenters.